The summed E-state index contributed by atoms with van der Waals surface area (Å²) in [5.41, 5.74) is 3.18. The van der Waals surface area contributed by atoms with Gasteiger partial charge in [-0.25, -0.2) is 0 Å². The first-order valence-corrected chi connectivity index (χ1v) is 10.1. The van der Waals surface area contributed by atoms with E-state index in [9.17, 15) is 13.6 Å². The number of aromatic nitrogens is 1. The van der Waals surface area contributed by atoms with E-state index in [0.717, 1.165) is 16.6 Å². The maximum absolute atomic E-state index is 13.3. The van der Waals surface area contributed by atoms with Crippen LogP contribution in [0.3, 0.4) is 0 Å². The van der Waals surface area contributed by atoms with Crippen molar-refractivity contribution in [3.63, 3.8) is 0 Å². The standard InChI is InChI=1S/C23H20F2N2O3.H2/c1-21(6-7-21)19-11-13-10-15(3-4-16(13)27-19)26-20(28)22(8-9-22)14-2-5-17-18(12-14)30-23(24,25)29-17;/h2-5,10-12,27H,6-9H2,1H3,(H,26,28);1H. The van der Waals surface area contributed by atoms with E-state index >= 15 is 0 Å². The number of H-pyrrole nitrogens is 1. The topological polar surface area (TPSA) is 63.4 Å². The summed E-state index contributed by atoms with van der Waals surface area (Å²) in [4.78, 5) is 16.6. The van der Waals surface area contributed by atoms with Crippen molar-refractivity contribution in [2.24, 2.45) is 0 Å². The van der Waals surface area contributed by atoms with Crippen LogP contribution in [-0.4, -0.2) is 17.2 Å². The Morgan fingerprint density at radius 2 is 1.80 bits per heavy atom. The van der Waals surface area contributed by atoms with Crippen LogP contribution in [0.4, 0.5) is 14.5 Å². The van der Waals surface area contributed by atoms with Crippen LogP contribution in [0.5, 0.6) is 11.5 Å². The van der Waals surface area contributed by atoms with Crippen LogP contribution in [-0.2, 0) is 15.6 Å². The van der Waals surface area contributed by atoms with Gasteiger partial charge in [0.15, 0.2) is 11.5 Å². The summed E-state index contributed by atoms with van der Waals surface area (Å²) in [5, 5.41) is 4.07. The number of carbonyl (C=O) groups is 1. The van der Waals surface area contributed by atoms with Crippen molar-refractivity contribution in [3.8, 4) is 11.5 Å². The van der Waals surface area contributed by atoms with Crippen LogP contribution in [0.2, 0.25) is 0 Å². The second kappa shape index (κ2) is 5.53. The van der Waals surface area contributed by atoms with Crippen molar-refractivity contribution in [2.45, 2.75) is 49.7 Å². The number of anilines is 1. The van der Waals surface area contributed by atoms with Crippen molar-refractivity contribution in [1.29, 1.82) is 0 Å². The third kappa shape index (κ3) is 2.68. The Balaban J connectivity index is 0.00000204. The third-order valence-electron chi connectivity index (χ3n) is 6.67. The number of hydrogen-bond donors (Lipinski definition) is 2. The maximum atomic E-state index is 13.3. The molecule has 0 spiro atoms. The number of alkyl halides is 2. The normalized spacial score (nSPS) is 21.4. The van der Waals surface area contributed by atoms with Crippen molar-refractivity contribution < 1.29 is 24.5 Å². The summed E-state index contributed by atoms with van der Waals surface area (Å²) < 4.78 is 35.6. The van der Waals surface area contributed by atoms with E-state index in [2.05, 4.69) is 32.8 Å². The van der Waals surface area contributed by atoms with Gasteiger partial charge in [0.2, 0.25) is 5.91 Å². The molecular weight excluding hydrogens is 390 g/mol. The molecule has 3 aliphatic rings. The zero-order valence-electron chi connectivity index (χ0n) is 16.4. The van der Waals surface area contributed by atoms with E-state index in [4.69, 9.17) is 0 Å². The molecule has 2 aromatic carbocycles. The lowest BCUT2D eigenvalue weighted by molar-refractivity contribution is -0.286. The number of aromatic amines is 1. The molecule has 0 radical (unpaired) electrons. The molecule has 1 amide bonds. The van der Waals surface area contributed by atoms with E-state index in [1.165, 1.54) is 30.7 Å². The first kappa shape index (κ1) is 17.7. The Kier molecular flexibility index (Phi) is 3.27. The molecule has 7 heteroatoms. The average Bonchev–Trinajstić information content (AvgIpc) is 3.58. The first-order chi connectivity index (χ1) is 14.3. The van der Waals surface area contributed by atoms with Gasteiger partial charge in [0.05, 0.1) is 5.41 Å². The minimum absolute atomic E-state index is 0. The molecule has 0 atom stereocenters. The van der Waals surface area contributed by atoms with E-state index < -0.39 is 11.7 Å². The highest BCUT2D eigenvalue weighted by atomic mass is 19.3. The van der Waals surface area contributed by atoms with Gasteiger partial charge in [0.1, 0.15) is 0 Å². The predicted molar refractivity (Wildman–Crippen MR) is 109 cm³/mol. The molecule has 6 rings (SSSR count). The Labute approximate surface area is 172 Å². The lowest BCUT2D eigenvalue weighted by Crippen LogP contribution is -2.27. The Hall–Kier alpha value is -3.09. The summed E-state index contributed by atoms with van der Waals surface area (Å²) in [6.45, 7) is 2.25. The van der Waals surface area contributed by atoms with Crippen molar-refractivity contribution in [3.05, 3.63) is 53.7 Å². The molecule has 3 aromatic rings. The number of halogens is 2. The fourth-order valence-electron chi connectivity index (χ4n) is 4.26. The summed E-state index contributed by atoms with van der Waals surface area (Å²) in [6, 6.07) is 12.6. The fraction of sp³-hybridized carbons (Fsp3) is 0.348. The molecule has 2 fully saturated rings. The van der Waals surface area contributed by atoms with Gasteiger partial charge in [-0.15, -0.1) is 8.78 Å². The van der Waals surface area contributed by atoms with Crippen LogP contribution in [0.1, 0.15) is 45.3 Å². The molecule has 5 nitrogen and oxygen atoms in total. The predicted octanol–water partition coefficient (Wildman–Crippen LogP) is 5.46. The molecule has 1 aromatic heterocycles. The zero-order valence-corrected chi connectivity index (χ0v) is 16.4. The second-order valence-electron chi connectivity index (χ2n) is 8.91. The number of benzene rings is 2. The second-order valence-corrected chi connectivity index (χ2v) is 8.91. The van der Waals surface area contributed by atoms with E-state index in [-0.39, 0.29) is 24.2 Å². The average molecular weight is 412 g/mol. The number of ether oxygens (including phenoxy) is 2. The fourth-order valence-corrected chi connectivity index (χ4v) is 4.26. The lowest BCUT2D eigenvalue weighted by Gasteiger charge is -2.16. The molecule has 0 bridgehead atoms. The van der Waals surface area contributed by atoms with Gasteiger partial charge in [0, 0.05) is 29.1 Å². The van der Waals surface area contributed by atoms with Gasteiger partial charge in [-0.3, -0.25) is 4.79 Å². The van der Waals surface area contributed by atoms with E-state index in [1.807, 2.05) is 18.2 Å². The van der Waals surface area contributed by atoms with Crippen molar-refractivity contribution in [2.75, 3.05) is 5.32 Å². The van der Waals surface area contributed by atoms with Gasteiger partial charge in [-0.05, 0) is 67.6 Å². The molecule has 2 N–H and O–H groups in total. The highest BCUT2D eigenvalue weighted by molar-refractivity contribution is 6.02. The minimum atomic E-state index is -3.66. The molecule has 0 saturated heterocycles. The van der Waals surface area contributed by atoms with Crippen molar-refractivity contribution >= 4 is 22.5 Å². The monoisotopic (exact) mass is 412 g/mol. The summed E-state index contributed by atoms with van der Waals surface area (Å²) in [5.74, 6) is -0.193. The Bertz CT molecular complexity index is 1210. The van der Waals surface area contributed by atoms with E-state index in [0.29, 0.717) is 18.4 Å². The minimum Gasteiger partial charge on any atom is -0.395 e. The lowest BCUT2D eigenvalue weighted by atomic mass is 9.94. The van der Waals surface area contributed by atoms with Crippen LogP contribution in [0, 0.1) is 0 Å². The summed E-state index contributed by atoms with van der Waals surface area (Å²) >= 11 is 0. The Morgan fingerprint density at radius 3 is 2.53 bits per heavy atom. The van der Waals surface area contributed by atoms with Gasteiger partial charge < -0.3 is 19.8 Å². The number of carbonyl (C=O) groups excluding carboxylic acids is 1. The number of hydrogen-bond acceptors (Lipinski definition) is 3. The smallest absolute Gasteiger partial charge is 0.395 e. The molecular formula is C23H22F2N2O3. The summed E-state index contributed by atoms with van der Waals surface area (Å²) in [7, 11) is 0. The van der Waals surface area contributed by atoms with E-state index in [1.54, 1.807) is 6.07 Å². The number of fused-ring (bicyclic) bond motifs is 2. The van der Waals surface area contributed by atoms with Crippen LogP contribution in [0.15, 0.2) is 42.5 Å². The summed E-state index contributed by atoms with van der Waals surface area (Å²) in [6.07, 6.45) is 0.0244. The molecule has 156 valence electrons. The Morgan fingerprint density at radius 1 is 1.03 bits per heavy atom. The van der Waals surface area contributed by atoms with Gasteiger partial charge in [-0.2, -0.15) is 0 Å². The quantitative estimate of drug-likeness (QED) is 0.598. The maximum Gasteiger partial charge on any atom is 0.586 e. The molecule has 1 aliphatic heterocycles. The molecule has 0 unspecified atom stereocenters. The van der Waals surface area contributed by atoms with Crippen molar-refractivity contribution in [1.82, 2.24) is 4.98 Å². The molecule has 2 heterocycles. The number of amides is 1. The van der Waals surface area contributed by atoms with Gasteiger partial charge in [0.25, 0.3) is 0 Å². The third-order valence-corrected chi connectivity index (χ3v) is 6.67. The molecule has 30 heavy (non-hydrogen) atoms. The van der Waals surface area contributed by atoms with Gasteiger partial charge >= 0.3 is 6.29 Å². The zero-order chi connectivity index (χ0) is 20.7. The van der Waals surface area contributed by atoms with Crippen LogP contribution < -0.4 is 14.8 Å². The highest BCUT2D eigenvalue weighted by Gasteiger charge is 2.52. The molecule has 2 saturated carbocycles. The van der Waals surface area contributed by atoms with Crippen LogP contribution >= 0.6 is 0 Å². The number of rotatable bonds is 4. The number of nitrogens with one attached hydrogen (secondary N) is 2. The SMILES string of the molecule is CC1(c2cc3cc(NC(=O)C4(c5ccc6c(c5)OC(F)(F)O6)CC4)ccc3[nH]2)CC1.[HH]. The largest absolute Gasteiger partial charge is 0.586 e. The van der Waals surface area contributed by atoms with Gasteiger partial charge in [-0.1, -0.05) is 13.0 Å². The first-order valence-electron chi connectivity index (χ1n) is 10.1. The molecule has 2 aliphatic carbocycles. The van der Waals surface area contributed by atoms with Crippen LogP contribution in [0.25, 0.3) is 10.9 Å². The highest BCUT2D eigenvalue weighted by Crippen LogP contribution is 2.52.